The highest BCUT2D eigenvalue weighted by atomic mass is 19.1. The van der Waals surface area contributed by atoms with Crippen molar-refractivity contribution < 1.29 is 27.8 Å². The molecule has 0 bridgehead atoms. The quantitative estimate of drug-likeness (QED) is 0.301. The Labute approximate surface area is 212 Å². The van der Waals surface area contributed by atoms with E-state index in [0.29, 0.717) is 47.5 Å². The number of likely N-dealkylation sites (N-methyl/N-ethyl adjacent to an activating group) is 1. The molecule has 2 aromatic heterocycles. The van der Waals surface area contributed by atoms with Gasteiger partial charge < -0.3 is 25.3 Å². The van der Waals surface area contributed by atoms with Crippen molar-refractivity contribution in [3.63, 3.8) is 0 Å². The number of nitrogens with zero attached hydrogens (tertiary/aromatic N) is 2. The van der Waals surface area contributed by atoms with Crippen molar-refractivity contribution in [3.05, 3.63) is 71.6 Å². The van der Waals surface area contributed by atoms with E-state index in [9.17, 15) is 4.79 Å². The molecule has 4 aromatic rings. The smallest absolute Gasteiger partial charge is 0.251 e. The number of hydrogen-bond donors (Lipinski definition) is 2. The Hall–Kier alpha value is -4.31. The van der Waals surface area contributed by atoms with E-state index in [2.05, 4.69) is 15.3 Å². The van der Waals surface area contributed by atoms with Gasteiger partial charge in [0.05, 0.1) is 23.9 Å². The maximum Gasteiger partial charge on any atom is 0.251 e. The SMILES string of the molecule is CCc1ccnc(-c2cc(F)c(Oc3ccnc4cc(OCCNC)c(OC)cc34)c(F)c2)c1C(N)=O. The Morgan fingerprint density at radius 2 is 1.76 bits per heavy atom. The van der Waals surface area contributed by atoms with Gasteiger partial charge in [0.25, 0.3) is 5.91 Å². The molecule has 0 spiro atoms. The highest BCUT2D eigenvalue weighted by Crippen LogP contribution is 2.39. The monoisotopic (exact) mass is 508 g/mol. The maximum atomic E-state index is 15.2. The summed E-state index contributed by atoms with van der Waals surface area (Å²) in [4.78, 5) is 20.5. The predicted molar refractivity (Wildman–Crippen MR) is 135 cm³/mol. The third-order valence-electron chi connectivity index (χ3n) is 5.74. The van der Waals surface area contributed by atoms with Gasteiger partial charge in [0, 0.05) is 36.0 Å². The molecule has 2 aromatic carbocycles. The molecule has 0 aliphatic heterocycles. The number of methoxy groups -OCH3 is 1. The molecule has 8 nitrogen and oxygen atoms in total. The Morgan fingerprint density at radius 3 is 2.41 bits per heavy atom. The summed E-state index contributed by atoms with van der Waals surface area (Å²) in [6.07, 6.45) is 3.43. The van der Waals surface area contributed by atoms with E-state index < -0.39 is 23.3 Å². The van der Waals surface area contributed by atoms with Gasteiger partial charge in [0.1, 0.15) is 12.4 Å². The van der Waals surface area contributed by atoms with E-state index in [-0.39, 0.29) is 22.6 Å². The number of carbonyl (C=O) groups is 1. The summed E-state index contributed by atoms with van der Waals surface area (Å²) in [7, 11) is 3.30. The third-order valence-corrected chi connectivity index (χ3v) is 5.74. The first kappa shape index (κ1) is 25.8. The number of primary amides is 1. The second-order valence-electron chi connectivity index (χ2n) is 8.06. The van der Waals surface area contributed by atoms with Gasteiger partial charge >= 0.3 is 0 Å². The summed E-state index contributed by atoms with van der Waals surface area (Å²) >= 11 is 0. The minimum atomic E-state index is -0.974. The van der Waals surface area contributed by atoms with Crippen LogP contribution in [0.2, 0.25) is 0 Å². The van der Waals surface area contributed by atoms with Gasteiger partial charge in [-0.1, -0.05) is 6.92 Å². The molecule has 37 heavy (non-hydrogen) atoms. The lowest BCUT2D eigenvalue weighted by Crippen LogP contribution is -2.16. The fraction of sp³-hybridized carbons (Fsp3) is 0.222. The van der Waals surface area contributed by atoms with E-state index in [0.717, 1.165) is 12.1 Å². The molecule has 0 atom stereocenters. The number of carbonyl (C=O) groups excluding carboxylic acids is 1. The molecule has 0 unspecified atom stereocenters. The topological polar surface area (TPSA) is 109 Å². The van der Waals surface area contributed by atoms with Crippen LogP contribution in [0.25, 0.3) is 22.2 Å². The summed E-state index contributed by atoms with van der Waals surface area (Å²) in [5.74, 6) is -2.23. The summed E-state index contributed by atoms with van der Waals surface area (Å²) in [6.45, 7) is 2.88. The lowest BCUT2D eigenvalue weighted by Gasteiger charge is -2.15. The van der Waals surface area contributed by atoms with Crippen LogP contribution >= 0.6 is 0 Å². The van der Waals surface area contributed by atoms with Crippen LogP contribution in [0.15, 0.2) is 48.8 Å². The molecule has 0 radical (unpaired) electrons. The fourth-order valence-corrected chi connectivity index (χ4v) is 3.95. The molecule has 2 heterocycles. The first-order valence-electron chi connectivity index (χ1n) is 11.6. The number of halogens is 2. The van der Waals surface area contributed by atoms with Crippen molar-refractivity contribution in [1.29, 1.82) is 0 Å². The standard InChI is InChI=1S/C27H26F2N4O4/c1-4-15-5-7-33-25(24(15)27(30)34)16-11-18(28)26(19(29)12-16)37-21-6-8-32-20-14-23(36-10-9-31-2)22(35-3)13-17(20)21/h5-8,11-14,31H,4,9-10H2,1-3H3,(H2,30,34). The fourth-order valence-electron chi connectivity index (χ4n) is 3.95. The number of aromatic nitrogens is 2. The number of fused-ring (bicyclic) bond motifs is 1. The first-order chi connectivity index (χ1) is 17.9. The molecule has 0 saturated carbocycles. The molecular weight excluding hydrogens is 482 g/mol. The van der Waals surface area contributed by atoms with Crippen molar-refractivity contribution in [3.8, 4) is 34.3 Å². The number of benzene rings is 2. The van der Waals surface area contributed by atoms with E-state index >= 15 is 8.78 Å². The predicted octanol–water partition coefficient (Wildman–Crippen LogP) is 4.64. The highest BCUT2D eigenvalue weighted by Gasteiger charge is 2.21. The largest absolute Gasteiger partial charge is 0.493 e. The van der Waals surface area contributed by atoms with Crippen LogP contribution in [-0.4, -0.2) is 43.2 Å². The van der Waals surface area contributed by atoms with Crippen LogP contribution in [0.1, 0.15) is 22.8 Å². The zero-order chi connectivity index (χ0) is 26.5. The molecule has 3 N–H and O–H groups in total. The Morgan fingerprint density at radius 1 is 1.03 bits per heavy atom. The van der Waals surface area contributed by atoms with Crippen LogP contribution in [-0.2, 0) is 6.42 Å². The van der Waals surface area contributed by atoms with Gasteiger partial charge in [-0.05, 0) is 49.4 Å². The average Bonchev–Trinajstić information content (AvgIpc) is 2.89. The molecular formula is C27H26F2N4O4. The second-order valence-corrected chi connectivity index (χ2v) is 8.06. The van der Waals surface area contributed by atoms with Crippen LogP contribution in [0.3, 0.4) is 0 Å². The lowest BCUT2D eigenvalue weighted by molar-refractivity contribution is 0.0999. The normalized spacial score (nSPS) is 10.9. The molecule has 0 aliphatic rings. The number of ether oxygens (including phenoxy) is 3. The lowest BCUT2D eigenvalue weighted by atomic mass is 9.98. The number of amides is 1. The zero-order valence-electron chi connectivity index (χ0n) is 20.6. The van der Waals surface area contributed by atoms with Crippen LogP contribution < -0.4 is 25.3 Å². The number of rotatable bonds is 10. The molecule has 1 amide bonds. The number of nitrogens with two attached hydrogens (primary N) is 1. The second kappa shape index (κ2) is 11.2. The maximum absolute atomic E-state index is 15.2. The Bertz CT molecular complexity index is 1440. The van der Waals surface area contributed by atoms with E-state index in [1.807, 2.05) is 14.0 Å². The van der Waals surface area contributed by atoms with Crippen LogP contribution in [0.5, 0.6) is 23.0 Å². The molecule has 10 heteroatoms. The minimum Gasteiger partial charge on any atom is -0.493 e. The van der Waals surface area contributed by atoms with Crippen LogP contribution in [0.4, 0.5) is 8.78 Å². The molecule has 0 aliphatic carbocycles. The first-order valence-corrected chi connectivity index (χ1v) is 11.6. The number of nitrogens with one attached hydrogen (secondary N) is 1. The van der Waals surface area contributed by atoms with E-state index in [1.165, 1.54) is 25.6 Å². The zero-order valence-corrected chi connectivity index (χ0v) is 20.6. The number of aryl methyl sites for hydroxylation is 1. The summed E-state index contributed by atoms with van der Waals surface area (Å²) < 4.78 is 47.3. The van der Waals surface area contributed by atoms with Crippen LogP contribution in [0, 0.1) is 11.6 Å². The van der Waals surface area contributed by atoms with Crippen molar-refractivity contribution in [1.82, 2.24) is 15.3 Å². The third kappa shape index (κ3) is 5.29. The van der Waals surface area contributed by atoms with Gasteiger partial charge in [-0.2, -0.15) is 0 Å². The number of hydrogen-bond acceptors (Lipinski definition) is 7. The van der Waals surface area contributed by atoms with Crippen molar-refractivity contribution in [2.24, 2.45) is 5.73 Å². The summed E-state index contributed by atoms with van der Waals surface area (Å²) in [5.41, 5.74) is 6.94. The molecule has 4 rings (SSSR count). The van der Waals surface area contributed by atoms with Gasteiger partial charge in [-0.3, -0.25) is 14.8 Å². The highest BCUT2D eigenvalue weighted by molar-refractivity contribution is 6.00. The van der Waals surface area contributed by atoms with Crippen molar-refractivity contribution >= 4 is 16.8 Å². The Balaban J connectivity index is 1.73. The minimum absolute atomic E-state index is 0.0658. The average molecular weight is 509 g/mol. The number of pyridine rings is 2. The summed E-state index contributed by atoms with van der Waals surface area (Å²) in [6, 6.07) is 8.57. The van der Waals surface area contributed by atoms with Gasteiger partial charge in [0.2, 0.25) is 0 Å². The van der Waals surface area contributed by atoms with E-state index in [1.54, 1.807) is 18.2 Å². The molecule has 0 saturated heterocycles. The Kier molecular flexibility index (Phi) is 7.78. The van der Waals surface area contributed by atoms with Crippen molar-refractivity contribution in [2.75, 3.05) is 27.3 Å². The molecule has 192 valence electrons. The van der Waals surface area contributed by atoms with Gasteiger partial charge in [0.15, 0.2) is 28.9 Å². The van der Waals surface area contributed by atoms with E-state index in [4.69, 9.17) is 19.9 Å². The van der Waals surface area contributed by atoms with Gasteiger partial charge in [-0.15, -0.1) is 0 Å². The summed E-state index contributed by atoms with van der Waals surface area (Å²) in [5, 5.41) is 3.46. The molecule has 0 fully saturated rings. The van der Waals surface area contributed by atoms with Gasteiger partial charge in [-0.25, -0.2) is 8.78 Å². The van der Waals surface area contributed by atoms with Crippen molar-refractivity contribution in [2.45, 2.75) is 13.3 Å².